The second-order valence-corrected chi connectivity index (χ2v) is 12.4. The van der Waals surface area contributed by atoms with Crippen molar-refractivity contribution in [1.29, 1.82) is 0 Å². The molecule has 1 aliphatic rings. The van der Waals surface area contributed by atoms with Gasteiger partial charge in [0.05, 0.1) is 11.4 Å². The van der Waals surface area contributed by atoms with E-state index in [-0.39, 0.29) is 0 Å². The van der Waals surface area contributed by atoms with Gasteiger partial charge in [-0.2, -0.15) is 0 Å². The zero-order chi connectivity index (χ0) is 31.9. The Balaban J connectivity index is 1.29. The summed E-state index contributed by atoms with van der Waals surface area (Å²) >= 11 is 0. The molecule has 1 aromatic heterocycles. The second-order valence-electron chi connectivity index (χ2n) is 12.4. The summed E-state index contributed by atoms with van der Waals surface area (Å²) in [6, 6.07) is 54.2. The molecule has 0 fully saturated rings. The van der Waals surface area contributed by atoms with E-state index in [1.54, 1.807) is 0 Å². The van der Waals surface area contributed by atoms with Crippen LogP contribution in [0.5, 0.6) is 0 Å². The van der Waals surface area contributed by atoms with E-state index in [0.717, 1.165) is 52.3 Å². The van der Waals surface area contributed by atoms with Crippen LogP contribution in [0.3, 0.4) is 0 Å². The Morgan fingerprint density at radius 1 is 0.396 bits per heavy atom. The number of fused-ring (bicyclic) bond motifs is 6. The summed E-state index contributed by atoms with van der Waals surface area (Å²) in [5, 5.41) is 7.59. The summed E-state index contributed by atoms with van der Waals surface area (Å²) in [7, 11) is 0. The molecule has 9 rings (SSSR count). The van der Waals surface area contributed by atoms with Crippen molar-refractivity contribution in [3.05, 3.63) is 175 Å². The monoisotopic (exact) mass is 612 g/mol. The Bertz CT molecular complexity index is 2510. The number of aromatic nitrogens is 2. The van der Waals surface area contributed by atoms with Crippen LogP contribution in [-0.4, -0.2) is 9.97 Å². The molecule has 7 aromatic carbocycles. The van der Waals surface area contributed by atoms with Crippen molar-refractivity contribution in [2.75, 3.05) is 0 Å². The van der Waals surface area contributed by atoms with Gasteiger partial charge in [0.25, 0.3) is 0 Å². The molecule has 0 saturated carbocycles. The third-order valence-electron chi connectivity index (χ3n) is 9.51. The predicted octanol–water partition coefficient (Wildman–Crippen LogP) is 12.3. The van der Waals surface area contributed by atoms with E-state index in [0.29, 0.717) is 0 Å². The van der Waals surface area contributed by atoms with E-state index >= 15 is 0 Å². The molecule has 0 unspecified atom stereocenters. The minimum Gasteiger partial charge on any atom is -0.228 e. The van der Waals surface area contributed by atoms with Crippen molar-refractivity contribution < 1.29 is 0 Å². The molecule has 0 aliphatic heterocycles. The van der Waals surface area contributed by atoms with Crippen molar-refractivity contribution in [2.24, 2.45) is 0 Å². The molecule has 8 aromatic rings. The second kappa shape index (κ2) is 11.9. The Morgan fingerprint density at radius 2 is 0.958 bits per heavy atom. The molecule has 2 heteroatoms. The van der Waals surface area contributed by atoms with Crippen LogP contribution < -0.4 is 0 Å². The summed E-state index contributed by atoms with van der Waals surface area (Å²) in [6.45, 7) is 0. The van der Waals surface area contributed by atoms with Gasteiger partial charge >= 0.3 is 0 Å². The van der Waals surface area contributed by atoms with Crippen molar-refractivity contribution in [3.63, 3.8) is 0 Å². The van der Waals surface area contributed by atoms with Crippen molar-refractivity contribution in [1.82, 2.24) is 9.97 Å². The Kier molecular flexibility index (Phi) is 6.98. The van der Waals surface area contributed by atoms with E-state index in [1.807, 2.05) is 18.2 Å². The first-order valence-electron chi connectivity index (χ1n) is 16.7. The van der Waals surface area contributed by atoms with Gasteiger partial charge in [0.1, 0.15) is 0 Å². The summed E-state index contributed by atoms with van der Waals surface area (Å²) in [4.78, 5) is 10.4. The predicted molar refractivity (Wildman–Crippen MR) is 203 cm³/mol. The largest absolute Gasteiger partial charge is 0.228 e. The fraction of sp³-hybridized carbons (Fsp3) is 0.0435. The topological polar surface area (TPSA) is 25.8 Å². The highest BCUT2D eigenvalue weighted by Crippen LogP contribution is 2.43. The molecule has 2 nitrogen and oxygen atoms in total. The lowest BCUT2D eigenvalue weighted by Gasteiger charge is -2.17. The minimum atomic E-state index is 0.717. The molecule has 226 valence electrons. The van der Waals surface area contributed by atoms with Crippen molar-refractivity contribution >= 4 is 37.9 Å². The van der Waals surface area contributed by atoms with Gasteiger partial charge in [-0.3, -0.25) is 0 Å². The lowest BCUT2D eigenvalue weighted by molar-refractivity contribution is 1.04. The molecule has 1 aliphatic carbocycles. The SMILES string of the molecule is C1=CC(c2cccc(-c3cc(-c4ccccc4-c4cccc5c6ccccc6c6ccccc6c45)nc(-c4ccccc4)n3)c2)=CCC1. The average molecular weight is 613 g/mol. The van der Waals surface area contributed by atoms with Crippen molar-refractivity contribution in [3.8, 4) is 45.0 Å². The van der Waals surface area contributed by atoms with E-state index in [4.69, 9.17) is 9.97 Å². The van der Waals surface area contributed by atoms with Crippen molar-refractivity contribution in [2.45, 2.75) is 12.8 Å². The number of rotatable bonds is 5. The molecule has 0 atom stereocenters. The van der Waals surface area contributed by atoms with Crippen LogP contribution >= 0.6 is 0 Å². The molecular weight excluding hydrogens is 581 g/mol. The highest BCUT2D eigenvalue weighted by atomic mass is 14.9. The Hall–Kier alpha value is -6.12. The molecule has 0 bridgehead atoms. The molecular formula is C46H32N2. The van der Waals surface area contributed by atoms with Gasteiger partial charge in [-0.05, 0) is 79.6 Å². The summed E-state index contributed by atoms with van der Waals surface area (Å²) in [5.74, 6) is 0.717. The first-order chi connectivity index (χ1) is 23.8. The highest BCUT2D eigenvalue weighted by Gasteiger charge is 2.18. The summed E-state index contributed by atoms with van der Waals surface area (Å²) < 4.78 is 0. The van der Waals surface area contributed by atoms with Crippen LogP contribution in [0.2, 0.25) is 0 Å². The third kappa shape index (κ3) is 4.90. The standard InChI is InChI=1S/C46H32N2/c1-3-15-31(16-4-1)33-19-13-20-34(29-33)43-30-44(48-46(47-43)32-17-5-2-6-18-32)39-25-11-9-24-38(39)42-28-14-27-41-37-22-8-7-21-35(37)36-23-10-12-26-40(36)45(41)42/h2-3,5-30H,1,4H2. The normalized spacial score (nSPS) is 12.9. The molecule has 0 radical (unpaired) electrons. The van der Waals surface area contributed by atoms with Gasteiger partial charge in [-0.1, -0.05) is 158 Å². The fourth-order valence-electron chi connectivity index (χ4n) is 7.26. The molecule has 1 heterocycles. The van der Waals surface area contributed by atoms with Crippen LogP contribution in [0.15, 0.2) is 170 Å². The number of benzene rings is 7. The zero-order valence-electron chi connectivity index (χ0n) is 26.5. The fourth-order valence-corrected chi connectivity index (χ4v) is 7.26. The number of allylic oxidation sites excluding steroid dienone is 4. The maximum atomic E-state index is 5.26. The quantitative estimate of drug-likeness (QED) is 0.181. The number of hydrogen-bond donors (Lipinski definition) is 0. The first kappa shape index (κ1) is 28.1. The highest BCUT2D eigenvalue weighted by molar-refractivity contribution is 6.28. The smallest absolute Gasteiger partial charge is 0.160 e. The number of nitrogens with zero attached hydrogens (tertiary/aromatic N) is 2. The first-order valence-corrected chi connectivity index (χ1v) is 16.7. The molecule has 0 N–H and O–H groups in total. The molecule has 0 spiro atoms. The minimum absolute atomic E-state index is 0.717. The molecule has 48 heavy (non-hydrogen) atoms. The van der Waals surface area contributed by atoms with Crippen LogP contribution in [0.4, 0.5) is 0 Å². The maximum absolute atomic E-state index is 5.26. The van der Waals surface area contributed by atoms with Gasteiger partial charge in [-0.25, -0.2) is 9.97 Å². The zero-order valence-corrected chi connectivity index (χ0v) is 26.5. The summed E-state index contributed by atoms with van der Waals surface area (Å²) in [5.41, 5.74) is 9.79. The molecule has 0 saturated heterocycles. The maximum Gasteiger partial charge on any atom is 0.160 e. The van der Waals surface area contributed by atoms with E-state index in [9.17, 15) is 0 Å². The van der Waals surface area contributed by atoms with Crippen LogP contribution in [0, 0.1) is 0 Å². The van der Waals surface area contributed by atoms with Crippen LogP contribution in [0.25, 0.3) is 82.9 Å². The van der Waals surface area contributed by atoms with Gasteiger partial charge in [0, 0.05) is 16.7 Å². The van der Waals surface area contributed by atoms with Gasteiger partial charge in [0.2, 0.25) is 0 Å². The molecule has 0 amide bonds. The van der Waals surface area contributed by atoms with Crippen LogP contribution in [-0.2, 0) is 0 Å². The average Bonchev–Trinajstić information content (AvgIpc) is 3.18. The lowest BCUT2D eigenvalue weighted by atomic mass is 9.87. The van der Waals surface area contributed by atoms with Gasteiger partial charge < -0.3 is 0 Å². The van der Waals surface area contributed by atoms with Gasteiger partial charge in [0.15, 0.2) is 5.82 Å². The summed E-state index contributed by atoms with van der Waals surface area (Å²) in [6.07, 6.45) is 8.99. The number of hydrogen-bond acceptors (Lipinski definition) is 2. The lowest BCUT2D eigenvalue weighted by Crippen LogP contribution is -1.98. The van der Waals surface area contributed by atoms with Crippen LogP contribution in [0.1, 0.15) is 18.4 Å². The Labute approximate surface area is 280 Å². The van der Waals surface area contributed by atoms with E-state index in [1.165, 1.54) is 49.0 Å². The van der Waals surface area contributed by atoms with Gasteiger partial charge in [-0.15, -0.1) is 0 Å². The third-order valence-corrected chi connectivity index (χ3v) is 9.51. The van der Waals surface area contributed by atoms with E-state index in [2.05, 4.69) is 152 Å². The van der Waals surface area contributed by atoms with E-state index < -0.39 is 0 Å². The Morgan fingerprint density at radius 3 is 1.71 bits per heavy atom.